The number of hydrogen-bond acceptors (Lipinski definition) is 5. The first-order valence-corrected chi connectivity index (χ1v) is 11.8. The Morgan fingerprint density at radius 2 is 1.63 bits per heavy atom. The van der Waals surface area contributed by atoms with Crippen molar-refractivity contribution in [3.63, 3.8) is 0 Å². The number of hydrogen-bond donors (Lipinski definition) is 3. The lowest BCUT2D eigenvalue weighted by Gasteiger charge is -2.36. The molecule has 0 radical (unpaired) electrons. The van der Waals surface area contributed by atoms with Gasteiger partial charge < -0.3 is 20.5 Å². The number of methoxy groups -OCH3 is 1. The SMILES string of the molecule is COc1ccc(C)cc1NC(=O)[C@H](c1ccccc1)N1CCC(C(=O)Nc2ccccc2O)CC1. The molecule has 4 rings (SSSR count). The van der Waals surface area contributed by atoms with Gasteiger partial charge in [0.05, 0.1) is 18.5 Å². The fraction of sp³-hybridized carbons (Fsp3) is 0.286. The maximum absolute atomic E-state index is 13.6. The van der Waals surface area contributed by atoms with Crippen molar-refractivity contribution in [2.45, 2.75) is 25.8 Å². The minimum atomic E-state index is -0.497. The number of nitrogens with one attached hydrogen (secondary N) is 2. The summed E-state index contributed by atoms with van der Waals surface area (Å²) in [6.45, 7) is 3.16. The molecule has 0 saturated carbocycles. The van der Waals surface area contributed by atoms with Gasteiger partial charge in [0, 0.05) is 5.92 Å². The third kappa shape index (κ3) is 5.81. The van der Waals surface area contributed by atoms with Crippen LogP contribution in [0.3, 0.4) is 0 Å². The molecule has 0 aliphatic carbocycles. The Morgan fingerprint density at radius 1 is 0.943 bits per heavy atom. The van der Waals surface area contributed by atoms with Gasteiger partial charge >= 0.3 is 0 Å². The molecule has 1 aliphatic heterocycles. The summed E-state index contributed by atoms with van der Waals surface area (Å²) in [5.74, 6) is 0.205. The van der Waals surface area contributed by atoms with E-state index in [4.69, 9.17) is 4.74 Å². The number of carbonyl (C=O) groups excluding carboxylic acids is 2. The van der Waals surface area contributed by atoms with Gasteiger partial charge in [-0.3, -0.25) is 14.5 Å². The predicted molar refractivity (Wildman–Crippen MR) is 137 cm³/mol. The lowest BCUT2D eigenvalue weighted by Crippen LogP contribution is -2.44. The summed E-state index contributed by atoms with van der Waals surface area (Å²) in [6.07, 6.45) is 1.23. The van der Waals surface area contributed by atoms with Crippen LogP contribution >= 0.6 is 0 Å². The molecule has 7 nitrogen and oxygen atoms in total. The van der Waals surface area contributed by atoms with E-state index in [9.17, 15) is 14.7 Å². The standard InChI is InChI=1S/C28H31N3O4/c1-19-12-13-25(35-2)23(18-19)30-28(34)26(20-8-4-3-5-9-20)31-16-14-21(15-17-31)27(33)29-22-10-6-7-11-24(22)32/h3-13,18,21,26,32H,14-17H2,1-2H3,(H,29,33)(H,30,34)/t26-/m0/s1. The molecule has 1 fully saturated rings. The largest absolute Gasteiger partial charge is 0.506 e. The topological polar surface area (TPSA) is 90.9 Å². The minimum absolute atomic E-state index is 0.0469. The van der Waals surface area contributed by atoms with Gasteiger partial charge in [-0.05, 0) is 68.2 Å². The number of amides is 2. The van der Waals surface area contributed by atoms with E-state index in [1.807, 2.05) is 55.5 Å². The first-order chi connectivity index (χ1) is 17.0. The Balaban J connectivity index is 1.48. The van der Waals surface area contributed by atoms with Crippen molar-refractivity contribution in [1.82, 2.24) is 4.90 Å². The van der Waals surface area contributed by atoms with Crippen LogP contribution in [0.2, 0.25) is 0 Å². The number of phenolic OH excluding ortho intramolecular Hbond substituents is 1. The van der Waals surface area contributed by atoms with Gasteiger partial charge in [-0.25, -0.2) is 0 Å². The monoisotopic (exact) mass is 473 g/mol. The molecule has 0 unspecified atom stereocenters. The van der Waals surface area contributed by atoms with Crippen LogP contribution in [0, 0.1) is 12.8 Å². The molecule has 1 atom stereocenters. The highest BCUT2D eigenvalue weighted by molar-refractivity contribution is 5.97. The van der Waals surface area contributed by atoms with Crippen molar-refractivity contribution >= 4 is 23.2 Å². The van der Waals surface area contributed by atoms with Gasteiger partial charge in [-0.2, -0.15) is 0 Å². The summed E-state index contributed by atoms with van der Waals surface area (Å²) in [6, 6.07) is 21.6. The molecule has 7 heteroatoms. The summed E-state index contributed by atoms with van der Waals surface area (Å²) in [7, 11) is 1.58. The molecule has 0 aromatic heterocycles. The third-order valence-corrected chi connectivity index (χ3v) is 6.40. The maximum atomic E-state index is 13.6. The number of carbonyl (C=O) groups is 2. The first kappa shape index (κ1) is 24.3. The normalized spacial score (nSPS) is 15.3. The fourth-order valence-electron chi connectivity index (χ4n) is 4.52. The number of piperidine rings is 1. The van der Waals surface area contributed by atoms with Gasteiger partial charge in [-0.1, -0.05) is 48.5 Å². The van der Waals surface area contributed by atoms with Crippen molar-refractivity contribution in [2.24, 2.45) is 5.92 Å². The van der Waals surface area contributed by atoms with Gasteiger partial charge in [0.2, 0.25) is 11.8 Å². The Kier molecular flexibility index (Phi) is 7.67. The van der Waals surface area contributed by atoms with E-state index in [-0.39, 0.29) is 23.5 Å². The maximum Gasteiger partial charge on any atom is 0.246 e. The lowest BCUT2D eigenvalue weighted by atomic mass is 9.93. The van der Waals surface area contributed by atoms with Gasteiger partial charge in [0.15, 0.2) is 0 Å². The van der Waals surface area contributed by atoms with Crippen molar-refractivity contribution in [3.05, 3.63) is 83.9 Å². The van der Waals surface area contributed by atoms with Crippen molar-refractivity contribution in [1.29, 1.82) is 0 Å². The summed E-state index contributed by atoms with van der Waals surface area (Å²) >= 11 is 0. The Labute approximate surface area is 205 Å². The van der Waals surface area contributed by atoms with Crippen molar-refractivity contribution < 1.29 is 19.4 Å². The lowest BCUT2D eigenvalue weighted by molar-refractivity contribution is -0.124. The second kappa shape index (κ2) is 11.1. The van der Waals surface area contributed by atoms with Crippen LogP contribution < -0.4 is 15.4 Å². The van der Waals surface area contributed by atoms with E-state index in [1.54, 1.807) is 31.4 Å². The molecule has 3 aromatic carbocycles. The van der Waals surface area contributed by atoms with E-state index in [0.717, 1.165) is 11.1 Å². The smallest absolute Gasteiger partial charge is 0.246 e. The number of aryl methyl sites for hydroxylation is 1. The molecular weight excluding hydrogens is 442 g/mol. The van der Waals surface area contributed by atoms with Crippen molar-refractivity contribution in [2.75, 3.05) is 30.8 Å². The van der Waals surface area contributed by atoms with E-state index >= 15 is 0 Å². The number of para-hydroxylation sites is 2. The number of phenols is 1. The van der Waals surface area contributed by atoms with Crippen LogP contribution in [-0.2, 0) is 9.59 Å². The molecular formula is C28H31N3O4. The summed E-state index contributed by atoms with van der Waals surface area (Å²) in [5.41, 5.74) is 2.96. The van der Waals surface area contributed by atoms with E-state index < -0.39 is 6.04 Å². The van der Waals surface area contributed by atoms with E-state index in [1.165, 1.54) is 0 Å². The van der Waals surface area contributed by atoms with Crippen molar-refractivity contribution in [3.8, 4) is 11.5 Å². The molecule has 0 spiro atoms. The summed E-state index contributed by atoms with van der Waals surface area (Å²) < 4.78 is 5.44. The summed E-state index contributed by atoms with van der Waals surface area (Å²) in [5, 5.41) is 15.8. The molecule has 1 aliphatic rings. The number of nitrogens with zero attached hydrogens (tertiary/aromatic N) is 1. The Hall–Kier alpha value is -3.84. The second-order valence-electron chi connectivity index (χ2n) is 8.82. The molecule has 2 amide bonds. The summed E-state index contributed by atoms with van der Waals surface area (Å²) in [4.78, 5) is 28.5. The van der Waals surface area contributed by atoms with Gasteiger partial charge in [0.25, 0.3) is 0 Å². The average molecular weight is 474 g/mol. The van der Waals surface area contributed by atoms with Crippen LogP contribution in [0.5, 0.6) is 11.5 Å². The van der Waals surface area contributed by atoms with Crippen LogP contribution in [-0.4, -0.2) is 42.0 Å². The highest BCUT2D eigenvalue weighted by Gasteiger charge is 2.33. The molecule has 1 saturated heterocycles. The number of benzene rings is 3. The number of rotatable bonds is 7. The highest BCUT2D eigenvalue weighted by Crippen LogP contribution is 2.32. The van der Waals surface area contributed by atoms with Gasteiger partial charge in [0.1, 0.15) is 17.5 Å². The molecule has 3 N–H and O–H groups in total. The third-order valence-electron chi connectivity index (χ3n) is 6.40. The molecule has 35 heavy (non-hydrogen) atoms. The second-order valence-corrected chi connectivity index (χ2v) is 8.82. The first-order valence-electron chi connectivity index (χ1n) is 11.8. The quantitative estimate of drug-likeness (QED) is 0.431. The van der Waals surface area contributed by atoms with Crippen LogP contribution in [0.25, 0.3) is 0 Å². The van der Waals surface area contributed by atoms with Crippen LogP contribution in [0.15, 0.2) is 72.8 Å². The molecule has 0 bridgehead atoms. The minimum Gasteiger partial charge on any atom is -0.506 e. The zero-order valence-electron chi connectivity index (χ0n) is 20.0. The van der Waals surface area contributed by atoms with E-state index in [0.29, 0.717) is 43.1 Å². The number of aromatic hydroxyl groups is 1. The van der Waals surface area contributed by atoms with E-state index in [2.05, 4.69) is 15.5 Å². The van der Waals surface area contributed by atoms with Crippen LogP contribution in [0.1, 0.15) is 30.0 Å². The zero-order chi connectivity index (χ0) is 24.8. The number of likely N-dealkylation sites (tertiary alicyclic amines) is 1. The highest BCUT2D eigenvalue weighted by atomic mass is 16.5. The fourth-order valence-corrected chi connectivity index (χ4v) is 4.52. The Bertz CT molecular complexity index is 1170. The molecule has 3 aromatic rings. The molecule has 182 valence electrons. The average Bonchev–Trinajstić information content (AvgIpc) is 2.87. The Morgan fingerprint density at radius 3 is 2.31 bits per heavy atom. The van der Waals surface area contributed by atoms with Gasteiger partial charge in [-0.15, -0.1) is 0 Å². The number of anilines is 2. The predicted octanol–water partition coefficient (Wildman–Crippen LogP) is 4.74. The zero-order valence-corrected chi connectivity index (χ0v) is 20.0. The number of ether oxygens (including phenoxy) is 1. The van der Waals surface area contributed by atoms with Crippen LogP contribution in [0.4, 0.5) is 11.4 Å². The molecule has 1 heterocycles.